The van der Waals surface area contributed by atoms with Crippen LogP contribution in [0.4, 0.5) is 13.2 Å². The van der Waals surface area contributed by atoms with Gasteiger partial charge in [-0.1, -0.05) is 24.3 Å². The average Bonchev–Trinajstić information content (AvgIpc) is 2.37. The first-order valence-electron chi connectivity index (χ1n) is 5.74. The minimum Gasteiger partial charge on any atom is -0.496 e. The molecule has 2 aromatic carbocycles. The molecule has 0 fully saturated rings. The third kappa shape index (κ3) is 2.89. The third-order valence-corrected chi connectivity index (χ3v) is 2.86. The van der Waals surface area contributed by atoms with Crippen LogP contribution in [0.1, 0.15) is 11.1 Å². The summed E-state index contributed by atoms with van der Waals surface area (Å²) in [7, 11) is 1.51. The van der Waals surface area contributed by atoms with E-state index in [1.165, 1.54) is 13.2 Å². The zero-order valence-electron chi connectivity index (χ0n) is 10.6. The van der Waals surface area contributed by atoms with E-state index < -0.39 is 11.7 Å². The molecule has 0 atom stereocenters. The van der Waals surface area contributed by atoms with E-state index >= 15 is 0 Å². The van der Waals surface area contributed by atoms with Crippen molar-refractivity contribution in [3.8, 4) is 16.9 Å². The molecule has 100 valence electrons. The molecular formula is C15H13F3O. The van der Waals surface area contributed by atoms with Gasteiger partial charge in [-0.05, 0) is 36.2 Å². The second-order valence-corrected chi connectivity index (χ2v) is 4.28. The van der Waals surface area contributed by atoms with Crippen LogP contribution in [-0.2, 0) is 6.18 Å². The van der Waals surface area contributed by atoms with Gasteiger partial charge in [-0.2, -0.15) is 13.2 Å². The minimum atomic E-state index is -4.34. The first-order chi connectivity index (χ1) is 8.91. The van der Waals surface area contributed by atoms with Gasteiger partial charge >= 0.3 is 6.18 Å². The molecule has 0 saturated carbocycles. The molecule has 2 rings (SSSR count). The monoisotopic (exact) mass is 266 g/mol. The number of ether oxygens (including phenoxy) is 1. The van der Waals surface area contributed by atoms with Crippen molar-refractivity contribution in [2.24, 2.45) is 0 Å². The van der Waals surface area contributed by atoms with Crippen LogP contribution < -0.4 is 4.74 Å². The molecular weight excluding hydrogens is 253 g/mol. The van der Waals surface area contributed by atoms with Gasteiger partial charge in [-0.25, -0.2) is 0 Å². The molecule has 0 spiro atoms. The van der Waals surface area contributed by atoms with Crippen molar-refractivity contribution in [1.82, 2.24) is 0 Å². The highest BCUT2D eigenvalue weighted by molar-refractivity contribution is 5.71. The van der Waals surface area contributed by atoms with Crippen molar-refractivity contribution < 1.29 is 17.9 Å². The highest BCUT2D eigenvalue weighted by atomic mass is 19.4. The Kier molecular flexibility index (Phi) is 3.51. The molecule has 0 aliphatic heterocycles. The van der Waals surface area contributed by atoms with Crippen molar-refractivity contribution >= 4 is 0 Å². The average molecular weight is 266 g/mol. The Morgan fingerprint density at radius 3 is 2.37 bits per heavy atom. The predicted molar refractivity (Wildman–Crippen MR) is 68.2 cm³/mol. The lowest BCUT2D eigenvalue weighted by Gasteiger charge is -2.12. The van der Waals surface area contributed by atoms with E-state index in [0.717, 1.165) is 17.7 Å². The SMILES string of the molecule is COc1cc(C)ccc1-c1cccc(C(F)(F)F)c1. The number of methoxy groups -OCH3 is 1. The highest BCUT2D eigenvalue weighted by Crippen LogP contribution is 2.35. The van der Waals surface area contributed by atoms with Crippen LogP contribution >= 0.6 is 0 Å². The van der Waals surface area contributed by atoms with Crippen molar-refractivity contribution in [3.63, 3.8) is 0 Å². The van der Waals surface area contributed by atoms with E-state index in [1.54, 1.807) is 18.2 Å². The Hall–Kier alpha value is -1.97. The summed E-state index contributed by atoms with van der Waals surface area (Å²) in [5.74, 6) is 0.569. The van der Waals surface area contributed by atoms with Gasteiger partial charge in [0.2, 0.25) is 0 Å². The molecule has 0 aliphatic carbocycles. The molecule has 19 heavy (non-hydrogen) atoms. The van der Waals surface area contributed by atoms with E-state index in [2.05, 4.69) is 0 Å². The van der Waals surface area contributed by atoms with Crippen LogP contribution in [0.3, 0.4) is 0 Å². The van der Waals surface area contributed by atoms with Crippen LogP contribution in [0, 0.1) is 6.92 Å². The summed E-state index contributed by atoms with van der Waals surface area (Å²) in [4.78, 5) is 0. The smallest absolute Gasteiger partial charge is 0.416 e. The number of alkyl halides is 3. The van der Waals surface area contributed by atoms with Crippen LogP contribution in [0.2, 0.25) is 0 Å². The second-order valence-electron chi connectivity index (χ2n) is 4.28. The van der Waals surface area contributed by atoms with E-state index in [1.807, 2.05) is 13.0 Å². The van der Waals surface area contributed by atoms with E-state index in [-0.39, 0.29) is 0 Å². The van der Waals surface area contributed by atoms with E-state index in [9.17, 15) is 13.2 Å². The van der Waals surface area contributed by atoms with Gasteiger partial charge in [0.25, 0.3) is 0 Å². The van der Waals surface area contributed by atoms with E-state index in [0.29, 0.717) is 16.9 Å². The van der Waals surface area contributed by atoms with Gasteiger partial charge in [-0.3, -0.25) is 0 Å². The maximum Gasteiger partial charge on any atom is 0.416 e. The number of halogens is 3. The minimum absolute atomic E-state index is 0.492. The molecule has 0 aliphatic rings. The standard InChI is InChI=1S/C15H13F3O/c1-10-6-7-13(14(8-10)19-2)11-4-3-5-12(9-11)15(16,17)18/h3-9H,1-2H3. The van der Waals surface area contributed by atoms with Crippen LogP contribution in [-0.4, -0.2) is 7.11 Å². The zero-order valence-corrected chi connectivity index (χ0v) is 10.6. The summed E-state index contributed by atoms with van der Waals surface area (Å²) in [6, 6.07) is 10.6. The highest BCUT2D eigenvalue weighted by Gasteiger charge is 2.30. The Morgan fingerprint density at radius 1 is 1.00 bits per heavy atom. The third-order valence-electron chi connectivity index (χ3n) is 2.86. The summed E-state index contributed by atoms with van der Waals surface area (Å²) >= 11 is 0. The Balaban J connectivity index is 2.53. The van der Waals surface area contributed by atoms with Gasteiger partial charge in [0.1, 0.15) is 5.75 Å². The first kappa shape index (κ1) is 13.5. The molecule has 0 aromatic heterocycles. The fraction of sp³-hybridized carbons (Fsp3) is 0.200. The van der Waals surface area contributed by atoms with Gasteiger partial charge in [-0.15, -0.1) is 0 Å². The van der Waals surface area contributed by atoms with Crippen LogP contribution in [0.25, 0.3) is 11.1 Å². The molecule has 1 nitrogen and oxygen atoms in total. The molecule has 4 heteroatoms. The molecule has 0 radical (unpaired) electrons. The lowest BCUT2D eigenvalue weighted by Crippen LogP contribution is -2.04. The second kappa shape index (κ2) is 4.96. The van der Waals surface area contributed by atoms with Gasteiger partial charge in [0.05, 0.1) is 12.7 Å². The summed E-state index contributed by atoms with van der Waals surface area (Å²) in [6.45, 7) is 1.90. The number of hydrogen-bond donors (Lipinski definition) is 0. The Labute approximate surface area is 109 Å². The lowest BCUT2D eigenvalue weighted by atomic mass is 10.0. The van der Waals surface area contributed by atoms with Gasteiger partial charge in [0, 0.05) is 5.56 Å². The summed E-state index contributed by atoms with van der Waals surface area (Å²) in [5.41, 5.74) is 1.48. The van der Waals surface area contributed by atoms with Gasteiger partial charge in [0.15, 0.2) is 0 Å². The summed E-state index contributed by atoms with van der Waals surface area (Å²) < 4.78 is 43.3. The number of rotatable bonds is 2. The zero-order chi connectivity index (χ0) is 14.0. The molecule has 0 heterocycles. The molecule has 0 saturated heterocycles. The van der Waals surface area contributed by atoms with Crippen LogP contribution in [0.15, 0.2) is 42.5 Å². The Bertz CT molecular complexity index is 588. The Morgan fingerprint density at radius 2 is 1.74 bits per heavy atom. The quantitative estimate of drug-likeness (QED) is 0.766. The topological polar surface area (TPSA) is 9.23 Å². The fourth-order valence-electron chi connectivity index (χ4n) is 1.90. The van der Waals surface area contributed by atoms with Crippen molar-refractivity contribution in [2.45, 2.75) is 13.1 Å². The first-order valence-corrected chi connectivity index (χ1v) is 5.74. The van der Waals surface area contributed by atoms with Crippen molar-refractivity contribution in [3.05, 3.63) is 53.6 Å². The lowest BCUT2D eigenvalue weighted by molar-refractivity contribution is -0.137. The van der Waals surface area contributed by atoms with Crippen LogP contribution in [0.5, 0.6) is 5.75 Å². The van der Waals surface area contributed by atoms with Gasteiger partial charge < -0.3 is 4.74 Å². The maximum atomic E-state index is 12.7. The molecule has 2 aromatic rings. The molecule has 0 amide bonds. The molecule has 0 N–H and O–H groups in total. The molecule has 0 unspecified atom stereocenters. The predicted octanol–water partition coefficient (Wildman–Crippen LogP) is 4.69. The fourth-order valence-corrected chi connectivity index (χ4v) is 1.90. The van der Waals surface area contributed by atoms with Crippen molar-refractivity contribution in [1.29, 1.82) is 0 Å². The normalized spacial score (nSPS) is 11.4. The summed E-state index contributed by atoms with van der Waals surface area (Å²) in [6.07, 6.45) is -4.34. The number of hydrogen-bond acceptors (Lipinski definition) is 1. The van der Waals surface area contributed by atoms with E-state index in [4.69, 9.17) is 4.74 Å². The maximum absolute atomic E-state index is 12.7. The van der Waals surface area contributed by atoms with Crippen molar-refractivity contribution in [2.75, 3.05) is 7.11 Å². The summed E-state index contributed by atoms with van der Waals surface area (Å²) in [5, 5.41) is 0. The largest absolute Gasteiger partial charge is 0.496 e. The number of benzene rings is 2. The molecule has 0 bridgehead atoms. The number of aryl methyl sites for hydroxylation is 1.